The third kappa shape index (κ3) is 5.21. The quantitative estimate of drug-likeness (QED) is 0.714. The van der Waals surface area contributed by atoms with Crippen LogP contribution in [0.5, 0.6) is 5.75 Å². The number of likely N-dealkylation sites (tertiary alicyclic amines) is 1. The second-order valence-corrected chi connectivity index (χ2v) is 7.20. The van der Waals surface area contributed by atoms with E-state index < -0.39 is 0 Å². The van der Waals surface area contributed by atoms with Gasteiger partial charge in [0.05, 0.1) is 0 Å². The van der Waals surface area contributed by atoms with Gasteiger partial charge >= 0.3 is 0 Å². The molecule has 0 saturated carbocycles. The fourth-order valence-corrected chi connectivity index (χ4v) is 3.73. The van der Waals surface area contributed by atoms with Gasteiger partial charge < -0.3 is 15.0 Å². The van der Waals surface area contributed by atoms with Crippen LogP contribution in [0.3, 0.4) is 0 Å². The van der Waals surface area contributed by atoms with E-state index in [9.17, 15) is 4.79 Å². The molecule has 0 unspecified atom stereocenters. The van der Waals surface area contributed by atoms with Crippen LogP contribution in [0.2, 0.25) is 0 Å². The molecule has 1 aromatic rings. The van der Waals surface area contributed by atoms with E-state index >= 15 is 0 Å². The SMILES string of the molecule is CN1CCC(NC(=O)COc2cc(Br)cc(I)c2)CC1. The Kier molecular flexibility index (Phi) is 6.10. The molecule has 1 saturated heterocycles. The first-order valence-electron chi connectivity index (χ1n) is 6.60. The normalized spacial score (nSPS) is 16.9. The average molecular weight is 453 g/mol. The lowest BCUT2D eigenvalue weighted by Gasteiger charge is -2.29. The van der Waals surface area contributed by atoms with Crippen molar-refractivity contribution < 1.29 is 9.53 Å². The molecule has 0 radical (unpaired) electrons. The number of benzene rings is 1. The van der Waals surface area contributed by atoms with Crippen LogP contribution in [0.25, 0.3) is 0 Å². The monoisotopic (exact) mass is 452 g/mol. The first kappa shape index (κ1) is 16.0. The van der Waals surface area contributed by atoms with E-state index in [1.165, 1.54) is 0 Å². The number of carbonyl (C=O) groups excluding carboxylic acids is 1. The Morgan fingerprint density at radius 1 is 1.45 bits per heavy atom. The third-order valence-electron chi connectivity index (χ3n) is 3.29. The molecule has 0 aromatic heterocycles. The number of amides is 1. The molecular formula is C14H18BrIN2O2. The number of nitrogens with one attached hydrogen (secondary N) is 1. The highest BCUT2D eigenvalue weighted by molar-refractivity contribution is 14.1. The van der Waals surface area contributed by atoms with Crippen molar-refractivity contribution in [1.29, 1.82) is 0 Å². The summed E-state index contributed by atoms with van der Waals surface area (Å²) >= 11 is 5.63. The predicted molar refractivity (Wildman–Crippen MR) is 91.0 cm³/mol. The molecule has 1 N–H and O–H groups in total. The van der Waals surface area contributed by atoms with Crippen molar-refractivity contribution in [2.45, 2.75) is 18.9 Å². The molecule has 1 aromatic carbocycles. The van der Waals surface area contributed by atoms with Gasteiger partial charge in [0.25, 0.3) is 5.91 Å². The fourth-order valence-electron chi connectivity index (χ4n) is 2.18. The number of carbonyl (C=O) groups is 1. The molecule has 20 heavy (non-hydrogen) atoms. The van der Waals surface area contributed by atoms with Gasteiger partial charge in [0.2, 0.25) is 0 Å². The van der Waals surface area contributed by atoms with E-state index in [2.05, 4.69) is 55.8 Å². The van der Waals surface area contributed by atoms with Crippen LogP contribution in [0.1, 0.15) is 12.8 Å². The molecule has 0 atom stereocenters. The lowest BCUT2D eigenvalue weighted by atomic mass is 10.1. The molecule has 0 spiro atoms. The molecular weight excluding hydrogens is 435 g/mol. The van der Waals surface area contributed by atoms with E-state index in [-0.39, 0.29) is 18.6 Å². The van der Waals surface area contributed by atoms with Crippen LogP contribution in [0.4, 0.5) is 0 Å². The Balaban J connectivity index is 1.77. The van der Waals surface area contributed by atoms with Crippen LogP contribution in [-0.2, 0) is 4.79 Å². The number of hydrogen-bond donors (Lipinski definition) is 1. The highest BCUT2D eigenvalue weighted by Gasteiger charge is 2.18. The van der Waals surface area contributed by atoms with Crippen LogP contribution in [-0.4, -0.2) is 43.6 Å². The summed E-state index contributed by atoms with van der Waals surface area (Å²) in [6, 6.07) is 6.05. The van der Waals surface area contributed by atoms with Crippen molar-refractivity contribution in [1.82, 2.24) is 10.2 Å². The third-order valence-corrected chi connectivity index (χ3v) is 4.37. The molecule has 1 aliphatic heterocycles. The van der Waals surface area contributed by atoms with Crippen molar-refractivity contribution in [3.8, 4) is 5.75 Å². The van der Waals surface area contributed by atoms with Gasteiger partial charge in [-0.3, -0.25) is 4.79 Å². The molecule has 2 rings (SSSR count). The van der Waals surface area contributed by atoms with Crippen molar-refractivity contribution in [2.24, 2.45) is 0 Å². The summed E-state index contributed by atoms with van der Waals surface area (Å²) in [7, 11) is 2.11. The lowest BCUT2D eigenvalue weighted by Crippen LogP contribution is -2.44. The fraction of sp³-hybridized carbons (Fsp3) is 0.500. The number of nitrogens with zero attached hydrogens (tertiary/aromatic N) is 1. The summed E-state index contributed by atoms with van der Waals surface area (Å²) in [4.78, 5) is 14.2. The molecule has 1 heterocycles. The van der Waals surface area contributed by atoms with Crippen molar-refractivity contribution >= 4 is 44.4 Å². The number of piperidine rings is 1. The van der Waals surface area contributed by atoms with Crippen molar-refractivity contribution in [2.75, 3.05) is 26.7 Å². The second kappa shape index (κ2) is 7.61. The van der Waals surface area contributed by atoms with E-state index in [0.29, 0.717) is 5.75 Å². The van der Waals surface area contributed by atoms with Gasteiger partial charge in [0.15, 0.2) is 6.61 Å². The number of halogens is 2. The highest BCUT2D eigenvalue weighted by atomic mass is 127. The standard InChI is InChI=1S/C14H18BrIN2O2/c1-18-4-2-12(3-5-18)17-14(19)9-20-13-7-10(15)6-11(16)8-13/h6-8,12H,2-5,9H2,1H3,(H,17,19). The largest absolute Gasteiger partial charge is 0.484 e. The summed E-state index contributed by atoms with van der Waals surface area (Å²) in [5, 5.41) is 3.03. The second-order valence-electron chi connectivity index (χ2n) is 5.04. The number of rotatable bonds is 4. The maximum absolute atomic E-state index is 11.9. The van der Waals surface area contributed by atoms with Crippen LogP contribution in [0, 0.1) is 3.57 Å². The summed E-state index contributed by atoms with van der Waals surface area (Å²) in [5.74, 6) is 0.664. The Bertz CT molecular complexity index is 456. The molecule has 110 valence electrons. The van der Waals surface area contributed by atoms with E-state index in [1.807, 2.05) is 18.2 Å². The topological polar surface area (TPSA) is 41.6 Å². The average Bonchev–Trinajstić information content (AvgIpc) is 2.38. The summed E-state index contributed by atoms with van der Waals surface area (Å²) in [5.41, 5.74) is 0. The molecule has 1 amide bonds. The zero-order chi connectivity index (χ0) is 14.5. The number of hydrogen-bond acceptors (Lipinski definition) is 3. The maximum Gasteiger partial charge on any atom is 0.258 e. The van der Waals surface area contributed by atoms with E-state index in [4.69, 9.17) is 4.74 Å². The van der Waals surface area contributed by atoms with Crippen molar-refractivity contribution in [3.63, 3.8) is 0 Å². The van der Waals surface area contributed by atoms with Crippen LogP contribution >= 0.6 is 38.5 Å². The summed E-state index contributed by atoms with van der Waals surface area (Å²) in [6.45, 7) is 2.14. The predicted octanol–water partition coefficient (Wildman–Crippen LogP) is 2.64. The Morgan fingerprint density at radius 2 is 2.15 bits per heavy atom. The van der Waals surface area contributed by atoms with Crippen LogP contribution < -0.4 is 10.1 Å². The minimum absolute atomic E-state index is 0.0467. The highest BCUT2D eigenvalue weighted by Crippen LogP contribution is 2.22. The van der Waals surface area contributed by atoms with E-state index in [1.54, 1.807) is 0 Å². The smallest absolute Gasteiger partial charge is 0.258 e. The zero-order valence-corrected chi connectivity index (χ0v) is 15.1. The van der Waals surface area contributed by atoms with Gasteiger partial charge in [-0.25, -0.2) is 0 Å². The van der Waals surface area contributed by atoms with E-state index in [0.717, 1.165) is 34.0 Å². The van der Waals surface area contributed by atoms with Crippen molar-refractivity contribution in [3.05, 3.63) is 26.2 Å². The molecule has 4 nitrogen and oxygen atoms in total. The minimum Gasteiger partial charge on any atom is -0.484 e. The lowest BCUT2D eigenvalue weighted by molar-refractivity contribution is -0.124. The van der Waals surface area contributed by atoms with Gasteiger partial charge in [0.1, 0.15) is 5.75 Å². The van der Waals surface area contributed by atoms with Gasteiger partial charge in [-0.15, -0.1) is 0 Å². The molecule has 0 bridgehead atoms. The van der Waals surface area contributed by atoms with Crippen LogP contribution in [0.15, 0.2) is 22.7 Å². The Hall–Kier alpha value is -0.340. The zero-order valence-electron chi connectivity index (χ0n) is 11.4. The van der Waals surface area contributed by atoms with Gasteiger partial charge in [0, 0.05) is 14.1 Å². The Morgan fingerprint density at radius 3 is 2.80 bits per heavy atom. The first-order valence-corrected chi connectivity index (χ1v) is 8.47. The van der Waals surface area contributed by atoms with Gasteiger partial charge in [-0.2, -0.15) is 0 Å². The Labute approximate surface area is 141 Å². The van der Waals surface area contributed by atoms with Gasteiger partial charge in [-0.05, 0) is 73.8 Å². The molecule has 0 aliphatic carbocycles. The molecule has 6 heteroatoms. The molecule has 1 fully saturated rings. The summed E-state index contributed by atoms with van der Waals surface area (Å²) < 4.78 is 7.56. The molecule has 1 aliphatic rings. The first-order chi connectivity index (χ1) is 9.52. The van der Waals surface area contributed by atoms with Gasteiger partial charge in [-0.1, -0.05) is 15.9 Å². The summed E-state index contributed by atoms with van der Waals surface area (Å²) in [6.07, 6.45) is 2.02. The number of ether oxygens (including phenoxy) is 1. The minimum atomic E-state index is -0.0467. The maximum atomic E-state index is 11.9.